The van der Waals surface area contributed by atoms with Gasteiger partial charge in [-0.15, -0.1) is 0 Å². The summed E-state index contributed by atoms with van der Waals surface area (Å²) >= 11 is 0. The number of aromatic hydroxyl groups is 1. The standard InChI is InChI=1S/C21H16O5/c22-18-13-11-16(12-14-18)20(24)26-21(25,17-9-5-2-6-10-17)19(23)15-7-3-1-4-8-15/h1-14,22,25H. The largest absolute Gasteiger partial charge is 0.508 e. The number of phenolic OH excluding ortho intramolecular Hbond substituents is 1. The highest BCUT2D eigenvalue weighted by Gasteiger charge is 2.43. The minimum absolute atomic E-state index is 0.0137. The Morgan fingerprint density at radius 3 is 1.85 bits per heavy atom. The molecule has 3 aromatic rings. The van der Waals surface area contributed by atoms with Gasteiger partial charge in [0.05, 0.1) is 5.56 Å². The van der Waals surface area contributed by atoms with Gasteiger partial charge in [0.15, 0.2) is 0 Å². The predicted octanol–water partition coefficient (Wildman–Crippen LogP) is 3.28. The first kappa shape index (κ1) is 17.4. The van der Waals surface area contributed by atoms with Crippen LogP contribution in [-0.4, -0.2) is 22.0 Å². The van der Waals surface area contributed by atoms with Gasteiger partial charge in [-0.25, -0.2) is 4.79 Å². The average Bonchev–Trinajstić information content (AvgIpc) is 2.69. The molecule has 1 atom stereocenters. The van der Waals surface area contributed by atoms with E-state index in [-0.39, 0.29) is 22.4 Å². The Kier molecular flexibility index (Phi) is 4.82. The third-order valence-electron chi connectivity index (χ3n) is 3.85. The molecule has 0 spiro atoms. The molecule has 3 aromatic carbocycles. The molecule has 130 valence electrons. The van der Waals surface area contributed by atoms with Crippen LogP contribution in [0, 0.1) is 0 Å². The van der Waals surface area contributed by atoms with Crippen molar-refractivity contribution >= 4 is 11.8 Å². The first-order valence-electron chi connectivity index (χ1n) is 7.91. The lowest BCUT2D eigenvalue weighted by molar-refractivity contribution is -0.136. The number of ether oxygens (including phenoxy) is 1. The molecule has 0 aromatic heterocycles. The molecule has 0 aliphatic rings. The SMILES string of the molecule is O=C(OC(O)(C(=O)c1ccccc1)c1ccccc1)c1ccc(O)cc1. The van der Waals surface area contributed by atoms with E-state index in [1.165, 1.54) is 48.5 Å². The van der Waals surface area contributed by atoms with E-state index in [4.69, 9.17) is 4.74 Å². The Labute approximate surface area is 150 Å². The van der Waals surface area contributed by atoms with Gasteiger partial charge in [0.1, 0.15) is 5.75 Å². The van der Waals surface area contributed by atoms with Crippen molar-refractivity contribution in [3.05, 3.63) is 102 Å². The van der Waals surface area contributed by atoms with Crippen LogP contribution >= 0.6 is 0 Å². The second kappa shape index (κ2) is 7.21. The third kappa shape index (κ3) is 3.48. The average molecular weight is 348 g/mol. The highest BCUT2D eigenvalue weighted by molar-refractivity contribution is 6.03. The number of ketones is 1. The zero-order valence-corrected chi connectivity index (χ0v) is 13.7. The number of Topliss-reactive ketones (excluding diaryl/α,β-unsaturated/α-hetero) is 1. The van der Waals surface area contributed by atoms with Gasteiger partial charge >= 0.3 is 11.8 Å². The van der Waals surface area contributed by atoms with Gasteiger partial charge in [-0.1, -0.05) is 60.7 Å². The van der Waals surface area contributed by atoms with Crippen molar-refractivity contribution in [1.82, 2.24) is 0 Å². The Morgan fingerprint density at radius 2 is 1.27 bits per heavy atom. The number of esters is 1. The van der Waals surface area contributed by atoms with Crippen LogP contribution in [0.15, 0.2) is 84.9 Å². The van der Waals surface area contributed by atoms with Gasteiger partial charge < -0.3 is 14.9 Å². The Balaban J connectivity index is 2.00. The summed E-state index contributed by atoms with van der Waals surface area (Å²) in [4.78, 5) is 25.4. The summed E-state index contributed by atoms with van der Waals surface area (Å²) in [5.41, 5.74) is 0.441. The Hall–Kier alpha value is -3.44. The number of aliphatic hydroxyl groups is 1. The molecule has 0 saturated heterocycles. The number of carbonyl (C=O) groups excluding carboxylic acids is 2. The van der Waals surface area contributed by atoms with Crippen LogP contribution < -0.4 is 0 Å². The second-order valence-electron chi connectivity index (χ2n) is 5.64. The smallest absolute Gasteiger partial charge is 0.341 e. The molecule has 2 N–H and O–H groups in total. The summed E-state index contributed by atoms with van der Waals surface area (Å²) < 4.78 is 5.25. The molecular formula is C21H16O5. The van der Waals surface area contributed by atoms with Gasteiger partial charge in [-0.05, 0) is 24.3 Å². The van der Waals surface area contributed by atoms with Crippen molar-refractivity contribution in [2.45, 2.75) is 5.79 Å². The van der Waals surface area contributed by atoms with E-state index < -0.39 is 17.5 Å². The third-order valence-corrected chi connectivity index (χ3v) is 3.85. The van der Waals surface area contributed by atoms with Gasteiger partial charge in [0, 0.05) is 11.1 Å². The van der Waals surface area contributed by atoms with Gasteiger partial charge in [-0.3, -0.25) is 4.79 Å². The van der Waals surface area contributed by atoms with E-state index in [1.54, 1.807) is 36.4 Å². The molecule has 1 unspecified atom stereocenters. The van der Waals surface area contributed by atoms with Gasteiger partial charge in [0.2, 0.25) is 5.78 Å². The summed E-state index contributed by atoms with van der Waals surface area (Å²) in [6.07, 6.45) is 0. The topological polar surface area (TPSA) is 83.8 Å². The van der Waals surface area contributed by atoms with E-state index >= 15 is 0 Å². The zero-order chi connectivity index (χ0) is 18.6. The normalized spacial score (nSPS) is 12.8. The summed E-state index contributed by atoms with van der Waals surface area (Å²) in [7, 11) is 0. The lowest BCUT2D eigenvalue weighted by atomic mass is 9.96. The molecule has 0 radical (unpaired) electrons. The van der Waals surface area contributed by atoms with Crippen LogP contribution in [-0.2, 0) is 10.5 Å². The number of hydrogen-bond donors (Lipinski definition) is 2. The van der Waals surface area contributed by atoms with Crippen molar-refractivity contribution in [3.63, 3.8) is 0 Å². The first-order chi connectivity index (χ1) is 12.5. The Morgan fingerprint density at radius 1 is 0.731 bits per heavy atom. The fourth-order valence-electron chi connectivity index (χ4n) is 2.48. The van der Waals surface area contributed by atoms with Crippen LogP contribution in [0.1, 0.15) is 26.3 Å². The number of carbonyl (C=O) groups is 2. The van der Waals surface area contributed by atoms with Crippen LogP contribution in [0.5, 0.6) is 5.75 Å². The second-order valence-corrected chi connectivity index (χ2v) is 5.64. The van der Waals surface area contributed by atoms with Crippen LogP contribution in [0.2, 0.25) is 0 Å². The number of phenols is 1. The maximum Gasteiger partial charge on any atom is 0.341 e. The first-order valence-corrected chi connectivity index (χ1v) is 7.91. The van der Waals surface area contributed by atoms with Crippen molar-refractivity contribution in [2.24, 2.45) is 0 Å². The lowest BCUT2D eigenvalue weighted by Gasteiger charge is -2.27. The van der Waals surface area contributed by atoms with Gasteiger partial charge in [0.25, 0.3) is 0 Å². The fraction of sp³-hybridized carbons (Fsp3) is 0.0476. The molecule has 0 amide bonds. The number of benzene rings is 3. The molecule has 5 heteroatoms. The van der Waals surface area contributed by atoms with E-state index in [1.807, 2.05) is 0 Å². The molecule has 26 heavy (non-hydrogen) atoms. The molecule has 0 aliphatic carbocycles. The highest BCUT2D eigenvalue weighted by atomic mass is 16.7. The minimum Gasteiger partial charge on any atom is -0.508 e. The highest BCUT2D eigenvalue weighted by Crippen LogP contribution is 2.29. The van der Waals surface area contributed by atoms with Crippen molar-refractivity contribution in [3.8, 4) is 5.75 Å². The molecular weight excluding hydrogens is 332 g/mol. The van der Waals surface area contributed by atoms with E-state index in [2.05, 4.69) is 0 Å². The lowest BCUT2D eigenvalue weighted by Crippen LogP contribution is -2.40. The summed E-state index contributed by atoms with van der Waals surface area (Å²) in [5.74, 6) is -4.13. The fourth-order valence-corrected chi connectivity index (χ4v) is 2.48. The van der Waals surface area contributed by atoms with Crippen LogP contribution in [0.3, 0.4) is 0 Å². The van der Waals surface area contributed by atoms with E-state index in [9.17, 15) is 19.8 Å². The summed E-state index contributed by atoms with van der Waals surface area (Å²) in [5, 5.41) is 20.4. The molecule has 5 nitrogen and oxygen atoms in total. The molecule has 0 bridgehead atoms. The molecule has 0 saturated carbocycles. The summed E-state index contributed by atoms with van der Waals surface area (Å²) in [6, 6.07) is 21.4. The molecule has 3 rings (SSSR count). The summed E-state index contributed by atoms with van der Waals surface area (Å²) in [6.45, 7) is 0. The molecule has 0 fully saturated rings. The van der Waals surface area contributed by atoms with E-state index in [0.717, 1.165) is 0 Å². The van der Waals surface area contributed by atoms with Crippen molar-refractivity contribution < 1.29 is 24.5 Å². The maximum atomic E-state index is 12.9. The monoisotopic (exact) mass is 348 g/mol. The minimum atomic E-state index is -2.47. The van der Waals surface area contributed by atoms with E-state index in [0.29, 0.717) is 0 Å². The maximum absolute atomic E-state index is 12.9. The van der Waals surface area contributed by atoms with Gasteiger partial charge in [-0.2, -0.15) is 0 Å². The number of hydrogen-bond acceptors (Lipinski definition) is 5. The molecule has 0 heterocycles. The van der Waals surface area contributed by atoms with Crippen molar-refractivity contribution in [2.75, 3.05) is 0 Å². The van der Waals surface area contributed by atoms with Crippen molar-refractivity contribution in [1.29, 1.82) is 0 Å². The van der Waals surface area contributed by atoms with Crippen LogP contribution in [0.25, 0.3) is 0 Å². The quantitative estimate of drug-likeness (QED) is 0.420. The Bertz CT molecular complexity index is 904. The van der Waals surface area contributed by atoms with Crippen LogP contribution in [0.4, 0.5) is 0 Å². The molecule has 0 aliphatic heterocycles. The number of rotatable bonds is 5. The zero-order valence-electron chi connectivity index (χ0n) is 13.7. The predicted molar refractivity (Wildman–Crippen MR) is 94.6 cm³/mol.